The first-order valence-electron chi connectivity index (χ1n) is 6.79. The van der Waals surface area contributed by atoms with Gasteiger partial charge in [0.25, 0.3) is 0 Å². The van der Waals surface area contributed by atoms with Gasteiger partial charge in [-0.25, -0.2) is 0 Å². The van der Waals surface area contributed by atoms with E-state index in [1.54, 1.807) is 0 Å². The second-order valence-electron chi connectivity index (χ2n) is 5.45. The molecule has 1 fully saturated rings. The van der Waals surface area contributed by atoms with Crippen molar-refractivity contribution in [2.24, 2.45) is 17.6 Å². The second-order valence-corrected chi connectivity index (χ2v) is 6.98. The van der Waals surface area contributed by atoms with Gasteiger partial charge in [0.1, 0.15) is 0 Å². The second kappa shape index (κ2) is 6.83. The molecule has 2 N–H and O–H groups in total. The largest absolute Gasteiger partial charge is 0.327 e. The quantitative estimate of drug-likeness (QED) is 0.818. The Morgan fingerprint density at radius 2 is 1.83 bits per heavy atom. The highest BCUT2D eigenvalue weighted by Gasteiger charge is 2.23. The fourth-order valence-electron chi connectivity index (χ4n) is 2.57. The highest BCUT2D eigenvalue weighted by Crippen LogP contribution is 2.31. The summed E-state index contributed by atoms with van der Waals surface area (Å²) in [7, 11) is 0. The lowest BCUT2D eigenvalue weighted by atomic mass is 9.80. The Labute approximate surface area is 119 Å². The van der Waals surface area contributed by atoms with E-state index in [4.69, 9.17) is 17.3 Å². The zero-order chi connectivity index (χ0) is 13.0. The molecule has 0 heterocycles. The first kappa shape index (κ1) is 14.2. The summed E-state index contributed by atoms with van der Waals surface area (Å²) in [6, 6.07) is 8.36. The Balaban J connectivity index is 1.77. The molecule has 2 rings (SSSR count). The van der Waals surface area contributed by atoms with Crippen LogP contribution in [-0.4, -0.2) is 11.8 Å². The number of thioether (sulfide) groups is 1. The summed E-state index contributed by atoms with van der Waals surface area (Å²) >= 11 is 7.72. The molecule has 0 spiro atoms. The average molecular weight is 284 g/mol. The van der Waals surface area contributed by atoms with Crippen LogP contribution in [0, 0.1) is 11.8 Å². The molecule has 0 saturated heterocycles. The van der Waals surface area contributed by atoms with Crippen LogP contribution in [0.25, 0.3) is 0 Å². The minimum Gasteiger partial charge on any atom is -0.327 e. The van der Waals surface area contributed by atoms with Gasteiger partial charge in [-0.2, -0.15) is 0 Å². The molecule has 1 aliphatic carbocycles. The monoisotopic (exact) mass is 283 g/mol. The van der Waals surface area contributed by atoms with Crippen LogP contribution in [0.5, 0.6) is 0 Å². The van der Waals surface area contributed by atoms with Crippen LogP contribution in [0.15, 0.2) is 29.2 Å². The molecule has 1 nitrogen and oxygen atoms in total. The number of hydrogen-bond acceptors (Lipinski definition) is 2. The molecule has 0 aliphatic heterocycles. The topological polar surface area (TPSA) is 26.0 Å². The Bertz CT molecular complexity index is 357. The van der Waals surface area contributed by atoms with Crippen LogP contribution < -0.4 is 5.73 Å². The SMILES string of the molecule is CC1CCC(C(N)CSc2ccc(Cl)cc2)CC1. The molecule has 0 amide bonds. The number of hydrogen-bond donors (Lipinski definition) is 1. The summed E-state index contributed by atoms with van der Waals surface area (Å²) in [5, 5.41) is 0.796. The summed E-state index contributed by atoms with van der Waals surface area (Å²) < 4.78 is 0. The highest BCUT2D eigenvalue weighted by molar-refractivity contribution is 7.99. The van der Waals surface area contributed by atoms with Crippen LogP contribution >= 0.6 is 23.4 Å². The Hall–Kier alpha value is -0.180. The smallest absolute Gasteiger partial charge is 0.0406 e. The number of halogens is 1. The van der Waals surface area contributed by atoms with Crippen molar-refractivity contribution in [2.75, 3.05) is 5.75 Å². The van der Waals surface area contributed by atoms with E-state index in [-0.39, 0.29) is 0 Å². The van der Waals surface area contributed by atoms with Crippen molar-refractivity contribution in [3.63, 3.8) is 0 Å². The van der Waals surface area contributed by atoms with Crippen molar-refractivity contribution in [3.05, 3.63) is 29.3 Å². The fraction of sp³-hybridized carbons (Fsp3) is 0.600. The van der Waals surface area contributed by atoms with E-state index in [0.717, 1.165) is 22.6 Å². The van der Waals surface area contributed by atoms with Crippen molar-refractivity contribution >= 4 is 23.4 Å². The lowest BCUT2D eigenvalue weighted by Crippen LogP contribution is -2.34. The molecule has 18 heavy (non-hydrogen) atoms. The minimum atomic E-state index is 0.332. The Kier molecular flexibility index (Phi) is 5.40. The lowest BCUT2D eigenvalue weighted by molar-refractivity contribution is 0.264. The fourth-order valence-corrected chi connectivity index (χ4v) is 3.68. The molecule has 1 aromatic rings. The summed E-state index contributed by atoms with van der Waals surface area (Å²) in [6.45, 7) is 2.35. The maximum Gasteiger partial charge on any atom is 0.0406 e. The molecule has 1 unspecified atom stereocenters. The maximum absolute atomic E-state index is 6.32. The van der Waals surface area contributed by atoms with Gasteiger partial charge in [0.2, 0.25) is 0 Å². The van der Waals surface area contributed by atoms with Gasteiger partial charge in [0.05, 0.1) is 0 Å². The number of nitrogens with two attached hydrogens (primary N) is 1. The van der Waals surface area contributed by atoms with E-state index >= 15 is 0 Å². The predicted octanol–water partition coefficient (Wildman–Crippen LogP) is 4.59. The van der Waals surface area contributed by atoms with E-state index < -0.39 is 0 Å². The summed E-state index contributed by atoms with van der Waals surface area (Å²) in [5.74, 6) is 2.64. The molecule has 3 heteroatoms. The molecule has 0 bridgehead atoms. The van der Waals surface area contributed by atoms with Gasteiger partial charge in [-0.1, -0.05) is 31.4 Å². The third kappa shape index (κ3) is 4.18. The van der Waals surface area contributed by atoms with Gasteiger partial charge in [0.15, 0.2) is 0 Å². The van der Waals surface area contributed by atoms with Crippen molar-refractivity contribution in [1.29, 1.82) is 0 Å². The van der Waals surface area contributed by atoms with E-state index in [1.807, 2.05) is 23.9 Å². The molecule has 100 valence electrons. The van der Waals surface area contributed by atoms with Gasteiger partial charge < -0.3 is 5.73 Å². The normalized spacial score (nSPS) is 25.9. The zero-order valence-corrected chi connectivity index (χ0v) is 12.5. The third-order valence-corrected chi connectivity index (χ3v) is 5.33. The zero-order valence-electron chi connectivity index (χ0n) is 10.9. The first-order chi connectivity index (χ1) is 8.65. The van der Waals surface area contributed by atoms with E-state index in [9.17, 15) is 0 Å². The van der Waals surface area contributed by atoms with Crippen molar-refractivity contribution in [1.82, 2.24) is 0 Å². The standard InChI is InChI=1S/C15H22ClNS/c1-11-2-4-12(5-3-11)15(17)10-18-14-8-6-13(16)7-9-14/h6-9,11-12,15H,2-5,10,17H2,1H3. The molecule has 1 saturated carbocycles. The summed E-state index contributed by atoms with van der Waals surface area (Å²) in [4.78, 5) is 1.26. The molecule has 1 aromatic carbocycles. The van der Waals surface area contributed by atoms with Crippen LogP contribution in [0.2, 0.25) is 5.02 Å². The van der Waals surface area contributed by atoms with Gasteiger partial charge in [-0.3, -0.25) is 0 Å². The van der Waals surface area contributed by atoms with Crippen LogP contribution in [0.4, 0.5) is 0 Å². The number of benzene rings is 1. The molecular formula is C15H22ClNS. The van der Waals surface area contributed by atoms with Crippen molar-refractivity contribution in [2.45, 2.75) is 43.5 Å². The molecule has 1 aliphatic rings. The van der Waals surface area contributed by atoms with Gasteiger partial charge >= 0.3 is 0 Å². The molecule has 1 atom stereocenters. The van der Waals surface area contributed by atoms with Gasteiger partial charge in [0, 0.05) is 21.7 Å². The molecular weight excluding hydrogens is 262 g/mol. The van der Waals surface area contributed by atoms with Crippen LogP contribution in [0.1, 0.15) is 32.6 Å². The maximum atomic E-state index is 6.32. The van der Waals surface area contributed by atoms with Gasteiger partial charge in [-0.05, 0) is 48.9 Å². The van der Waals surface area contributed by atoms with Crippen LogP contribution in [-0.2, 0) is 0 Å². The van der Waals surface area contributed by atoms with E-state index in [2.05, 4.69) is 19.1 Å². The lowest BCUT2D eigenvalue weighted by Gasteiger charge is -2.30. The van der Waals surface area contributed by atoms with Crippen molar-refractivity contribution < 1.29 is 0 Å². The average Bonchev–Trinajstić information content (AvgIpc) is 2.38. The molecule has 0 radical (unpaired) electrons. The number of rotatable bonds is 4. The first-order valence-corrected chi connectivity index (χ1v) is 8.15. The molecule has 0 aromatic heterocycles. The summed E-state index contributed by atoms with van der Waals surface area (Å²) in [5.41, 5.74) is 6.32. The third-order valence-electron chi connectivity index (χ3n) is 3.92. The Morgan fingerprint density at radius 3 is 2.44 bits per heavy atom. The van der Waals surface area contributed by atoms with E-state index in [1.165, 1.54) is 30.6 Å². The minimum absolute atomic E-state index is 0.332. The Morgan fingerprint density at radius 1 is 1.22 bits per heavy atom. The van der Waals surface area contributed by atoms with Crippen molar-refractivity contribution in [3.8, 4) is 0 Å². The predicted molar refractivity (Wildman–Crippen MR) is 81.3 cm³/mol. The highest BCUT2D eigenvalue weighted by atomic mass is 35.5. The van der Waals surface area contributed by atoms with Crippen LogP contribution in [0.3, 0.4) is 0 Å². The van der Waals surface area contributed by atoms with E-state index in [0.29, 0.717) is 6.04 Å². The summed E-state index contributed by atoms with van der Waals surface area (Å²) in [6.07, 6.45) is 5.32. The van der Waals surface area contributed by atoms with Gasteiger partial charge in [-0.15, -0.1) is 11.8 Å².